The molecule has 0 amide bonds. The van der Waals surface area contributed by atoms with Crippen molar-refractivity contribution < 1.29 is 8.42 Å². The van der Waals surface area contributed by atoms with E-state index in [1.54, 1.807) is 0 Å². The molecule has 0 fully saturated rings. The number of thioether (sulfide) groups is 1. The van der Waals surface area contributed by atoms with Crippen LogP contribution in [0.15, 0.2) is 0 Å². The molecule has 0 aliphatic carbocycles. The molecule has 0 heterocycles. The Morgan fingerprint density at radius 2 is 1.76 bits per heavy atom. The topological polar surface area (TPSA) is 46.2 Å². The molecule has 0 aromatic carbocycles. The van der Waals surface area contributed by atoms with Gasteiger partial charge in [0.2, 0.25) is 10.0 Å². The summed E-state index contributed by atoms with van der Waals surface area (Å²) in [6.45, 7) is 0.572. The normalized spacial score (nSPS) is 11.9. The first-order chi connectivity index (χ1) is 8.12. The van der Waals surface area contributed by atoms with E-state index in [9.17, 15) is 8.42 Å². The lowest BCUT2D eigenvalue weighted by molar-refractivity contribution is 0.571. The maximum atomic E-state index is 11.5. The Morgan fingerprint density at radius 3 is 2.41 bits per heavy atom. The van der Waals surface area contributed by atoms with Gasteiger partial charge in [-0.1, -0.05) is 12.8 Å². The van der Waals surface area contributed by atoms with Crippen molar-refractivity contribution in [2.75, 3.05) is 30.2 Å². The van der Waals surface area contributed by atoms with Crippen molar-refractivity contribution in [3.8, 4) is 0 Å². The van der Waals surface area contributed by atoms with Crippen molar-refractivity contribution in [1.29, 1.82) is 0 Å². The summed E-state index contributed by atoms with van der Waals surface area (Å²) in [6, 6.07) is 0. The minimum Gasteiger partial charge on any atom is -0.215 e. The molecule has 0 aliphatic heterocycles. The Labute approximate surface area is 115 Å². The van der Waals surface area contributed by atoms with E-state index in [-0.39, 0.29) is 5.75 Å². The van der Waals surface area contributed by atoms with E-state index < -0.39 is 10.0 Å². The molecular formula is C11H24ClNO2S2. The molecule has 0 bridgehead atoms. The summed E-state index contributed by atoms with van der Waals surface area (Å²) in [5, 5.41) is 0. The largest absolute Gasteiger partial charge is 0.215 e. The summed E-state index contributed by atoms with van der Waals surface area (Å²) in [5.74, 6) is 1.93. The molecule has 0 saturated heterocycles. The fourth-order valence-corrected chi connectivity index (χ4v) is 3.28. The van der Waals surface area contributed by atoms with Crippen LogP contribution in [0.25, 0.3) is 0 Å². The lowest BCUT2D eigenvalue weighted by atomic mass is 10.2. The van der Waals surface area contributed by atoms with Crippen LogP contribution in [0.1, 0.15) is 38.5 Å². The molecule has 3 nitrogen and oxygen atoms in total. The van der Waals surface area contributed by atoms with E-state index in [0.717, 1.165) is 19.3 Å². The fraction of sp³-hybridized carbons (Fsp3) is 1.00. The van der Waals surface area contributed by atoms with Gasteiger partial charge in [-0.05, 0) is 37.7 Å². The highest BCUT2D eigenvalue weighted by atomic mass is 35.5. The number of sulfonamides is 1. The van der Waals surface area contributed by atoms with Crippen molar-refractivity contribution in [2.24, 2.45) is 0 Å². The number of unbranched alkanes of at least 4 members (excludes halogenated alkanes) is 4. The molecule has 0 aromatic heterocycles. The number of halogens is 1. The van der Waals surface area contributed by atoms with Crippen LogP contribution in [0, 0.1) is 0 Å². The Kier molecular flexibility index (Phi) is 12.0. The Morgan fingerprint density at radius 1 is 1.06 bits per heavy atom. The van der Waals surface area contributed by atoms with Crippen LogP contribution >= 0.6 is 23.4 Å². The SMILES string of the molecule is CSCCCCCCNS(=O)(=O)CCCCCl. The molecule has 0 aliphatic rings. The highest BCUT2D eigenvalue weighted by Gasteiger charge is 2.08. The number of alkyl halides is 1. The standard InChI is InChI=1S/C11H24ClNO2S2/c1-16-10-6-3-2-5-9-13-17(14,15)11-7-4-8-12/h13H,2-11H2,1H3. The monoisotopic (exact) mass is 301 g/mol. The van der Waals surface area contributed by atoms with E-state index >= 15 is 0 Å². The summed E-state index contributed by atoms with van der Waals surface area (Å²) in [6.07, 6.45) is 7.96. The van der Waals surface area contributed by atoms with Crippen LogP contribution in [0.5, 0.6) is 0 Å². The van der Waals surface area contributed by atoms with Crippen LogP contribution in [0.4, 0.5) is 0 Å². The summed E-state index contributed by atoms with van der Waals surface area (Å²) in [7, 11) is -3.06. The number of hydrogen-bond acceptors (Lipinski definition) is 3. The average Bonchev–Trinajstić information content (AvgIpc) is 2.28. The highest BCUT2D eigenvalue weighted by Crippen LogP contribution is 2.04. The van der Waals surface area contributed by atoms with Crippen molar-refractivity contribution >= 4 is 33.4 Å². The molecule has 0 rings (SSSR count). The predicted molar refractivity (Wildman–Crippen MR) is 78.6 cm³/mol. The highest BCUT2D eigenvalue weighted by molar-refractivity contribution is 7.98. The summed E-state index contributed by atoms with van der Waals surface area (Å²) in [4.78, 5) is 0. The quantitative estimate of drug-likeness (QED) is 0.445. The van der Waals surface area contributed by atoms with Gasteiger partial charge in [-0.25, -0.2) is 13.1 Å². The maximum Gasteiger partial charge on any atom is 0.211 e. The van der Waals surface area contributed by atoms with E-state index in [1.807, 2.05) is 11.8 Å². The van der Waals surface area contributed by atoms with Gasteiger partial charge in [-0.15, -0.1) is 11.6 Å². The summed E-state index contributed by atoms with van der Waals surface area (Å²) in [5.41, 5.74) is 0. The second kappa shape index (κ2) is 11.6. The molecule has 0 saturated carbocycles. The molecule has 0 unspecified atom stereocenters. The number of nitrogens with one attached hydrogen (secondary N) is 1. The number of rotatable bonds is 12. The van der Waals surface area contributed by atoms with E-state index in [2.05, 4.69) is 11.0 Å². The molecule has 104 valence electrons. The van der Waals surface area contributed by atoms with Crippen LogP contribution < -0.4 is 4.72 Å². The number of hydrogen-bond donors (Lipinski definition) is 1. The van der Waals surface area contributed by atoms with Crippen molar-refractivity contribution in [3.05, 3.63) is 0 Å². The zero-order chi connectivity index (χ0) is 13.0. The third-order valence-electron chi connectivity index (χ3n) is 2.39. The van der Waals surface area contributed by atoms with Crippen LogP contribution in [-0.2, 0) is 10.0 Å². The van der Waals surface area contributed by atoms with Gasteiger partial charge < -0.3 is 0 Å². The van der Waals surface area contributed by atoms with Crippen molar-refractivity contribution in [3.63, 3.8) is 0 Å². The van der Waals surface area contributed by atoms with Gasteiger partial charge in [-0.2, -0.15) is 11.8 Å². The Hall–Kier alpha value is 0.550. The molecular weight excluding hydrogens is 278 g/mol. The van der Waals surface area contributed by atoms with E-state index in [4.69, 9.17) is 11.6 Å². The molecule has 6 heteroatoms. The molecule has 1 N–H and O–H groups in total. The third-order valence-corrected chi connectivity index (χ3v) is 4.83. The predicted octanol–water partition coefficient (Wildman–Crippen LogP) is 2.85. The Balaban J connectivity index is 3.39. The molecule has 17 heavy (non-hydrogen) atoms. The van der Waals surface area contributed by atoms with Gasteiger partial charge in [0.25, 0.3) is 0 Å². The maximum absolute atomic E-state index is 11.5. The van der Waals surface area contributed by atoms with Gasteiger partial charge >= 0.3 is 0 Å². The fourth-order valence-electron chi connectivity index (χ4n) is 1.41. The van der Waals surface area contributed by atoms with Crippen molar-refractivity contribution in [1.82, 2.24) is 4.72 Å². The first kappa shape index (κ1) is 17.6. The molecule has 0 spiro atoms. The summed E-state index contributed by atoms with van der Waals surface area (Å²) < 4.78 is 25.6. The third kappa shape index (κ3) is 12.8. The van der Waals surface area contributed by atoms with Crippen molar-refractivity contribution in [2.45, 2.75) is 38.5 Å². The van der Waals surface area contributed by atoms with Crippen LogP contribution in [0.3, 0.4) is 0 Å². The lowest BCUT2D eigenvalue weighted by Crippen LogP contribution is -2.27. The van der Waals surface area contributed by atoms with E-state index in [0.29, 0.717) is 18.8 Å². The first-order valence-electron chi connectivity index (χ1n) is 6.14. The second-order valence-corrected chi connectivity index (χ2v) is 7.31. The minimum absolute atomic E-state index is 0.201. The molecule has 0 atom stereocenters. The van der Waals surface area contributed by atoms with Gasteiger partial charge in [-0.3, -0.25) is 0 Å². The smallest absolute Gasteiger partial charge is 0.211 e. The minimum atomic E-state index is -3.06. The van der Waals surface area contributed by atoms with Crippen LogP contribution in [0.2, 0.25) is 0 Å². The van der Waals surface area contributed by atoms with Crippen LogP contribution in [-0.4, -0.2) is 38.6 Å². The van der Waals surface area contributed by atoms with E-state index in [1.165, 1.54) is 18.6 Å². The summed E-state index contributed by atoms with van der Waals surface area (Å²) >= 11 is 7.36. The van der Waals surface area contributed by atoms with Gasteiger partial charge in [0.1, 0.15) is 0 Å². The molecule has 0 radical (unpaired) electrons. The van der Waals surface area contributed by atoms with Gasteiger partial charge in [0, 0.05) is 12.4 Å². The first-order valence-corrected chi connectivity index (χ1v) is 9.72. The average molecular weight is 302 g/mol. The molecule has 0 aromatic rings. The Bertz CT molecular complexity index is 258. The second-order valence-electron chi connectivity index (χ2n) is 4.02. The van der Waals surface area contributed by atoms with Gasteiger partial charge in [0.15, 0.2) is 0 Å². The van der Waals surface area contributed by atoms with Gasteiger partial charge in [0.05, 0.1) is 5.75 Å². The lowest BCUT2D eigenvalue weighted by Gasteiger charge is -2.06. The zero-order valence-corrected chi connectivity index (χ0v) is 13.0. The zero-order valence-electron chi connectivity index (χ0n) is 10.6.